The number of aromatic nitrogens is 3. The molecule has 0 fully saturated rings. The summed E-state index contributed by atoms with van der Waals surface area (Å²) in [5, 5.41) is 7.68. The second-order valence-corrected chi connectivity index (χ2v) is 5.73. The molecule has 110 valence electrons. The minimum absolute atomic E-state index is 0.718. The van der Waals surface area contributed by atoms with Crippen LogP contribution >= 0.6 is 11.3 Å². The molecule has 1 N–H and O–H groups in total. The predicted molar refractivity (Wildman–Crippen MR) is 84.5 cm³/mol. The highest BCUT2D eigenvalue weighted by Gasteiger charge is 2.10. The van der Waals surface area contributed by atoms with E-state index in [0.29, 0.717) is 0 Å². The van der Waals surface area contributed by atoms with Gasteiger partial charge < -0.3 is 14.6 Å². The highest BCUT2D eigenvalue weighted by molar-refractivity contribution is 7.09. The van der Waals surface area contributed by atoms with Gasteiger partial charge in [0.25, 0.3) is 0 Å². The maximum atomic E-state index is 5.06. The Balaban J connectivity index is 1.83. The van der Waals surface area contributed by atoms with Crippen LogP contribution in [-0.4, -0.2) is 34.8 Å². The van der Waals surface area contributed by atoms with Gasteiger partial charge in [0.2, 0.25) is 0 Å². The molecule has 0 aliphatic rings. The van der Waals surface area contributed by atoms with Crippen molar-refractivity contribution in [1.29, 1.82) is 0 Å². The second kappa shape index (κ2) is 6.80. The van der Waals surface area contributed by atoms with E-state index in [1.165, 1.54) is 10.9 Å². The normalized spacial score (nSPS) is 11.3. The summed E-state index contributed by atoms with van der Waals surface area (Å²) >= 11 is 1.67. The number of methoxy groups -OCH3 is 1. The van der Waals surface area contributed by atoms with Crippen LogP contribution in [0.1, 0.15) is 10.6 Å². The zero-order chi connectivity index (χ0) is 14.5. The molecule has 0 aliphatic heterocycles. The summed E-state index contributed by atoms with van der Waals surface area (Å²) < 4.78 is 7.22. The van der Waals surface area contributed by atoms with Gasteiger partial charge in [0.15, 0.2) is 0 Å². The van der Waals surface area contributed by atoms with E-state index in [-0.39, 0.29) is 0 Å². The smallest absolute Gasteiger partial charge is 0.140 e. The molecule has 0 aliphatic carbocycles. The second-order valence-electron chi connectivity index (χ2n) is 4.75. The van der Waals surface area contributed by atoms with Gasteiger partial charge in [0, 0.05) is 49.6 Å². The van der Waals surface area contributed by atoms with E-state index in [4.69, 9.17) is 4.74 Å². The maximum Gasteiger partial charge on any atom is 0.140 e. The van der Waals surface area contributed by atoms with E-state index in [2.05, 4.69) is 32.1 Å². The summed E-state index contributed by atoms with van der Waals surface area (Å²) in [5.74, 6) is 0. The van der Waals surface area contributed by atoms with Crippen molar-refractivity contribution in [3.63, 3.8) is 0 Å². The third kappa shape index (κ3) is 3.29. The fourth-order valence-corrected chi connectivity index (χ4v) is 2.94. The van der Waals surface area contributed by atoms with Crippen LogP contribution in [0.2, 0.25) is 0 Å². The highest BCUT2D eigenvalue weighted by atomic mass is 32.1. The average molecular weight is 302 g/mol. The minimum Gasteiger partial charge on any atom is -0.383 e. The van der Waals surface area contributed by atoms with Gasteiger partial charge >= 0.3 is 0 Å². The number of nitrogens with zero attached hydrogens (tertiary/aromatic N) is 3. The number of hydrogen-bond acceptors (Lipinski definition) is 5. The van der Waals surface area contributed by atoms with E-state index in [1.807, 2.05) is 23.8 Å². The zero-order valence-electron chi connectivity index (χ0n) is 12.0. The maximum absolute atomic E-state index is 5.06. The Morgan fingerprint density at radius 3 is 3.10 bits per heavy atom. The molecule has 0 saturated carbocycles. The molecule has 0 unspecified atom stereocenters. The lowest BCUT2D eigenvalue weighted by molar-refractivity contribution is 0.199. The van der Waals surface area contributed by atoms with Crippen LogP contribution in [0, 0.1) is 0 Å². The van der Waals surface area contributed by atoms with Crippen molar-refractivity contribution >= 4 is 22.4 Å². The molecule has 0 bridgehead atoms. The van der Waals surface area contributed by atoms with Crippen molar-refractivity contribution in [2.24, 2.45) is 0 Å². The average Bonchev–Trinajstić information content (AvgIpc) is 3.13. The molecule has 5 nitrogen and oxygen atoms in total. The van der Waals surface area contributed by atoms with Crippen LogP contribution in [0.15, 0.2) is 36.1 Å². The van der Waals surface area contributed by atoms with Crippen LogP contribution in [0.3, 0.4) is 0 Å². The minimum atomic E-state index is 0.718. The standard InChI is InChI=1S/C15H18N4OS/c1-20-7-5-16-9-12-10-19(11-14-17-6-8-21-14)15-13(12)3-2-4-18-15/h2-4,6,8,10,16H,5,7,9,11H2,1H3. The first-order valence-electron chi connectivity index (χ1n) is 6.89. The van der Waals surface area contributed by atoms with E-state index >= 15 is 0 Å². The van der Waals surface area contributed by atoms with Gasteiger partial charge in [0.05, 0.1) is 13.2 Å². The Morgan fingerprint density at radius 1 is 1.33 bits per heavy atom. The SMILES string of the molecule is COCCNCc1cn(Cc2nccs2)c2ncccc12. The number of ether oxygens (including phenoxy) is 1. The lowest BCUT2D eigenvalue weighted by Gasteiger charge is -2.02. The van der Waals surface area contributed by atoms with Gasteiger partial charge in [-0.2, -0.15) is 0 Å². The largest absolute Gasteiger partial charge is 0.383 e. The molecule has 0 atom stereocenters. The predicted octanol–water partition coefficient (Wildman–Crippen LogP) is 2.28. The first-order chi connectivity index (χ1) is 10.4. The summed E-state index contributed by atoms with van der Waals surface area (Å²) in [7, 11) is 1.71. The van der Waals surface area contributed by atoms with E-state index < -0.39 is 0 Å². The summed E-state index contributed by atoms with van der Waals surface area (Å²) in [4.78, 5) is 8.87. The molecule has 21 heavy (non-hydrogen) atoms. The number of fused-ring (bicyclic) bond motifs is 1. The number of hydrogen-bond donors (Lipinski definition) is 1. The van der Waals surface area contributed by atoms with Crippen molar-refractivity contribution < 1.29 is 4.74 Å². The highest BCUT2D eigenvalue weighted by Crippen LogP contribution is 2.21. The summed E-state index contributed by atoms with van der Waals surface area (Å²) in [6, 6.07) is 4.10. The van der Waals surface area contributed by atoms with Crippen molar-refractivity contribution in [3.8, 4) is 0 Å². The van der Waals surface area contributed by atoms with Crippen molar-refractivity contribution in [3.05, 3.63) is 46.7 Å². The fraction of sp³-hybridized carbons (Fsp3) is 0.333. The molecule has 0 spiro atoms. The van der Waals surface area contributed by atoms with Gasteiger partial charge in [-0.05, 0) is 17.7 Å². The van der Waals surface area contributed by atoms with E-state index in [1.54, 1.807) is 18.4 Å². The van der Waals surface area contributed by atoms with Crippen LogP contribution in [-0.2, 0) is 17.8 Å². The van der Waals surface area contributed by atoms with Crippen LogP contribution < -0.4 is 5.32 Å². The van der Waals surface area contributed by atoms with Crippen molar-refractivity contribution in [2.45, 2.75) is 13.1 Å². The lowest BCUT2D eigenvalue weighted by Crippen LogP contribution is -2.18. The molecule has 0 radical (unpaired) electrons. The van der Waals surface area contributed by atoms with Gasteiger partial charge in [-0.15, -0.1) is 11.3 Å². The van der Waals surface area contributed by atoms with Crippen molar-refractivity contribution in [2.75, 3.05) is 20.3 Å². The molecule has 3 rings (SSSR count). The lowest BCUT2D eigenvalue weighted by atomic mass is 10.2. The Labute approximate surface area is 127 Å². The van der Waals surface area contributed by atoms with Gasteiger partial charge in [-0.25, -0.2) is 9.97 Å². The summed E-state index contributed by atoms with van der Waals surface area (Å²) in [6.07, 6.45) is 5.84. The topological polar surface area (TPSA) is 52.0 Å². The Bertz CT molecular complexity index is 693. The molecule has 3 heterocycles. The first-order valence-corrected chi connectivity index (χ1v) is 7.77. The molecule has 3 aromatic heterocycles. The molecule has 3 aromatic rings. The van der Waals surface area contributed by atoms with Crippen LogP contribution in [0.5, 0.6) is 0 Å². The quantitative estimate of drug-likeness (QED) is 0.680. The monoisotopic (exact) mass is 302 g/mol. The van der Waals surface area contributed by atoms with Gasteiger partial charge in [-0.1, -0.05) is 0 Å². The van der Waals surface area contributed by atoms with E-state index in [9.17, 15) is 0 Å². The zero-order valence-corrected chi connectivity index (χ0v) is 12.8. The third-order valence-corrected chi connectivity index (χ3v) is 4.07. The Morgan fingerprint density at radius 2 is 2.29 bits per heavy atom. The molecular formula is C15H18N4OS. The van der Waals surface area contributed by atoms with Crippen molar-refractivity contribution in [1.82, 2.24) is 19.9 Å². The van der Waals surface area contributed by atoms with Gasteiger partial charge in [0.1, 0.15) is 10.7 Å². The van der Waals surface area contributed by atoms with Gasteiger partial charge in [-0.3, -0.25) is 0 Å². The number of rotatable bonds is 7. The molecule has 0 saturated heterocycles. The number of thiazole rings is 1. The Hall–Kier alpha value is -1.76. The van der Waals surface area contributed by atoms with E-state index in [0.717, 1.165) is 36.9 Å². The summed E-state index contributed by atoms with van der Waals surface area (Å²) in [5.41, 5.74) is 2.27. The number of pyridine rings is 1. The Kier molecular flexibility index (Phi) is 4.59. The first kappa shape index (κ1) is 14.2. The molecular weight excluding hydrogens is 284 g/mol. The fourth-order valence-electron chi connectivity index (χ4n) is 2.33. The number of nitrogens with one attached hydrogen (secondary N) is 1. The summed E-state index contributed by atoms with van der Waals surface area (Å²) in [6.45, 7) is 3.14. The molecule has 6 heteroatoms. The molecule has 0 amide bonds. The van der Waals surface area contributed by atoms with Crippen LogP contribution in [0.4, 0.5) is 0 Å². The third-order valence-electron chi connectivity index (χ3n) is 3.30. The molecule has 0 aromatic carbocycles. The van der Waals surface area contributed by atoms with Crippen LogP contribution in [0.25, 0.3) is 11.0 Å².